The van der Waals surface area contributed by atoms with E-state index in [9.17, 15) is 18.0 Å². The molecule has 1 aliphatic rings. The van der Waals surface area contributed by atoms with Crippen LogP contribution in [0.4, 0.5) is 0 Å². The van der Waals surface area contributed by atoms with E-state index < -0.39 is 28.9 Å². The minimum atomic E-state index is -2.95. The first-order valence-electron chi connectivity index (χ1n) is 13.8. The topological polar surface area (TPSA) is 108 Å². The molecule has 3 aromatic carbocycles. The second-order valence-corrected chi connectivity index (χ2v) is 12.9. The number of benzene rings is 3. The molecule has 0 unspecified atom stereocenters. The maximum Gasteiger partial charge on any atom is 0.636 e. The van der Waals surface area contributed by atoms with Crippen molar-refractivity contribution in [2.45, 2.75) is 33.3 Å². The zero-order valence-electron chi connectivity index (χ0n) is 24.4. The van der Waals surface area contributed by atoms with Gasteiger partial charge in [0.05, 0.1) is 25.4 Å². The SMILES string of the molecule is Cc1cc(OCCCCS(C)(=O)=O)cc(C)c1-c1cccc(COc2ccc(B3OC(=O)CN(C)CC(=O)O3)cc2)c1. The van der Waals surface area contributed by atoms with E-state index >= 15 is 0 Å². The summed E-state index contributed by atoms with van der Waals surface area (Å²) in [6, 6.07) is 19.1. The fraction of sp³-hybridized carbons (Fsp3) is 0.355. The van der Waals surface area contributed by atoms with Crippen LogP contribution in [0.25, 0.3) is 11.1 Å². The van der Waals surface area contributed by atoms with Crippen LogP contribution in [-0.4, -0.2) is 71.1 Å². The molecule has 1 saturated heterocycles. The van der Waals surface area contributed by atoms with Gasteiger partial charge in [0.2, 0.25) is 0 Å². The molecule has 11 heteroatoms. The van der Waals surface area contributed by atoms with Crippen LogP contribution in [0.2, 0.25) is 0 Å². The van der Waals surface area contributed by atoms with Crippen LogP contribution in [0.3, 0.4) is 0 Å². The molecule has 0 amide bonds. The molecule has 0 aromatic heterocycles. The maximum atomic E-state index is 12.0. The summed E-state index contributed by atoms with van der Waals surface area (Å²) in [7, 11) is -2.39. The van der Waals surface area contributed by atoms with Gasteiger partial charge in [0.1, 0.15) is 27.9 Å². The van der Waals surface area contributed by atoms with Crippen molar-refractivity contribution in [3.63, 3.8) is 0 Å². The van der Waals surface area contributed by atoms with Crippen LogP contribution in [0.15, 0.2) is 60.7 Å². The fourth-order valence-electron chi connectivity index (χ4n) is 4.79. The quantitative estimate of drug-likeness (QED) is 0.244. The molecule has 0 radical (unpaired) electrons. The highest BCUT2D eigenvalue weighted by Gasteiger charge is 2.33. The molecule has 1 aliphatic heterocycles. The molecule has 42 heavy (non-hydrogen) atoms. The van der Waals surface area contributed by atoms with Gasteiger partial charge in [-0.25, -0.2) is 8.42 Å². The standard InChI is InChI=1S/C31H36BNO8S/c1-22-16-28(38-14-5-6-15-42(4,36)37)17-23(2)31(22)25-9-7-8-24(18-25)21-39-27-12-10-26(11-13-27)32-40-29(34)19-33(3)20-30(35)41-32/h7-13,16-18H,5-6,14-15,19-21H2,1-4H3. The molecule has 9 nitrogen and oxygen atoms in total. The number of carbonyl (C=O) groups excluding carboxylic acids is 2. The van der Waals surface area contributed by atoms with E-state index in [0.717, 1.165) is 33.6 Å². The first-order valence-corrected chi connectivity index (χ1v) is 15.8. The number of likely N-dealkylation sites (N-methyl/N-ethyl adjacent to an activating group) is 1. The third-order valence-corrected chi connectivity index (χ3v) is 7.76. The predicted octanol–water partition coefficient (Wildman–Crippen LogP) is 3.48. The van der Waals surface area contributed by atoms with E-state index in [-0.39, 0.29) is 18.8 Å². The predicted molar refractivity (Wildman–Crippen MR) is 162 cm³/mol. The number of carbonyl (C=O) groups is 2. The average molecular weight is 594 g/mol. The molecule has 0 saturated carbocycles. The van der Waals surface area contributed by atoms with Gasteiger partial charge in [0.25, 0.3) is 0 Å². The Morgan fingerprint density at radius 1 is 0.857 bits per heavy atom. The van der Waals surface area contributed by atoms with E-state index in [1.54, 1.807) is 31.3 Å². The minimum Gasteiger partial charge on any atom is -0.494 e. The Balaban J connectivity index is 1.36. The van der Waals surface area contributed by atoms with E-state index in [1.807, 2.05) is 38.1 Å². The Morgan fingerprint density at radius 2 is 1.50 bits per heavy atom. The highest BCUT2D eigenvalue weighted by molar-refractivity contribution is 7.90. The minimum absolute atomic E-state index is 0.0117. The second kappa shape index (κ2) is 13.9. The lowest BCUT2D eigenvalue weighted by molar-refractivity contribution is -0.145. The lowest BCUT2D eigenvalue weighted by Crippen LogP contribution is -2.47. The number of rotatable bonds is 11. The highest BCUT2D eigenvalue weighted by Crippen LogP contribution is 2.32. The molecule has 222 valence electrons. The average Bonchev–Trinajstić information content (AvgIpc) is 2.90. The molecule has 0 atom stereocenters. The molecule has 1 fully saturated rings. The summed E-state index contributed by atoms with van der Waals surface area (Å²) in [6.07, 6.45) is 2.51. The Morgan fingerprint density at radius 3 is 2.12 bits per heavy atom. The van der Waals surface area contributed by atoms with Gasteiger partial charge >= 0.3 is 19.1 Å². The molecule has 1 heterocycles. The number of aryl methyl sites for hydroxylation is 2. The molecule has 0 bridgehead atoms. The van der Waals surface area contributed by atoms with Crippen LogP contribution >= 0.6 is 0 Å². The number of hydrogen-bond donors (Lipinski definition) is 0. The van der Waals surface area contributed by atoms with Crippen molar-refractivity contribution in [3.05, 3.63) is 77.4 Å². The van der Waals surface area contributed by atoms with Crippen LogP contribution in [0.5, 0.6) is 11.5 Å². The highest BCUT2D eigenvalue weighted by atomic mass is 32.2. The summed E-state index contributed by atoms with van der Waals surface area (Å²) in [6.45, 7) is 4.93. The molecule has 0 spiro atoms. The van der Waals surface area contributed by atoms with Crippen molar-refractivity contribution in [1.29, 1.82) is 0 Å². The van der Waals surface area contributed by atoms with Gasteiger partial charge in [-0.2, -0.15) is 0 Å². The monoisotopic (exact) mass is 593 g/mol. The van der Waals surface area contributed by atoms with E-state index in [4.69, 9.17) is 18.8 Å². The van der Waals surface area contributed by atoms with Gasteiger partial charge in [-0.1, -0.05) is 30.3 Å². The van der Waals surface area contributed by atoms with E-state index in [1.165, 1.54) is 11.2 Å². The molecular weight excluding hydrogens is 557 g/mol. The van der Waals surface area contributed by atoms with Gasteiger partial charge in [0.15, 0.2) is 0 Å². The third kappa shape index (κ3) is 9.09. The molecule has 4 rings (SSSR count). The number of ether oxygens (including phenoxy) is 2. The van der Waals surface area contributed by atoms with Crippen molar-refractivity contribution >= 4 is 34.4 Å². The van der Waals surface area contributed by atoms with Gasteiger partial charge in [-0.3, -0.25) is 14.5 Å². The molecule has 3 aromatic rings. The summed E-state index contributed by atoms with van der Waals surface area (Å²) in [5.41, 5.74) is 5.89. The van der Waals surface area contributed by atoms with Crippen LogP contribution < -0.4 is 14.9 Å². The van der Waals surface area contributed by atoms with Gasteiger partial charge in [-0.05, 0) is 91.9 Å². The second-order valence-electron chi connectivity index (χ2n) is 10.7. The maximum absolute atomic E-state index is 12.0. The zero-order valence-corrected chi connectivity index (χ0v) is 25.2. The van der Waals surface area contributed by atoms with Crippen molar-refractivity contribution in [2.75, 3.05) is 38.8 Å². The summed E-state index contributed by atoms with van der Waals surface area (Å²) >= 11 is 0. The van der Waals surface area contributed by atoms with Gasteiger partial charge in [0, 0.05) is 11.7 Å². The Bertz CT molecular complexity index is 1480. The lowest BCUT2D eigenvalue weighted by Gasteiger charge is -2.22. The summed E-state index contributed by atoms with van der Waals surface area (Å²) in [4.78, 5) is 25.6. The smallest absolute Gasteiger partial charge is 0.494 e. The van der Waals surface area contributed by atoms with Gasteiger partial charge < -0.3 is 18.8 Å². The Kier molecular flexibility index (Phi) is 10.3. The van der Waals surface area contributed by atoms with E-state index in [0.29, 0.717) is 37.3 Å². The first-order chi connectivity index (χ1) is 20.0. The van der Waals surface area contributed by atoms with E-state index in [2.05, 4.69) is 12.1 Å². The summed E-state index contributed by atoms with van der Waals surface area (Å²) in [5, 5.41) is 0. The van der Waals surface area contributed by atoms with Crippen LogP contribution in [0, 0.1) is 13.8 Å². The van der Waals surface area contributed by atoms with Crippen molar-refractivity contribution in [1.82, 2.24) is 4.90 Å². The van der Waals surface area contributed by atoms with Crippen molar-refractivity contribution in [3.8, 4) is 22.6 Å². The first kappa shape index (κ1) is 31.1. The summed E-state index contributed by atoms with van der Waals surface area (Å²) < 4.78 is 45.1. The van der Waals surface area contributed by atoms with Crippen molar-refractivity contribution in [2.24, 2.45) is 0 Å². The normalized spacial score (nSPS) is 14.5. The third-order valence-electron chi connectivity index (χ3n) is 6.73. The largest absolute Gasteiger partial charge is 0.636 e. The lowest BCUT2D eigenvalue weighted by atomic mass is 9.78. The summed E-state index contributed by atoms with van der Waals surface area (Å²) in [5.74, 6) is 0.630. The molecular formula is C31H36BNO8S. The number of sulfone groups is 1. The van der Waals surface area contributed by atoms with Crippen LogP contribution in [0.1, 0.15) is 29.5 Å². The van der Waals surface area contributed by atoms with Crippen LogP contribution in [-0.2, 0) is 35.3 Å². The Hall–Kier alpha value is -3.83. The van der Waals surface area contributed by atoms with Crippen molar-refractivity contribution < 1.29 is 36.8 Å². The molecule has 0 N–H and O–H groups in total. The number of unbranched alkanes of at least 4 members (excludes halogenated alkanes) is 1. The molecule has 0 aliphatic carbocycles. The Labute approximate surface area is 247 Å². The fourth-order valence-corrected chi connectivity index (χ4v) is 5.52. The number of nitrogens with zero attached hydrogens (tertiary/aromatic N) is 1. The number of hydrogen-bond acceptors (Lipinski definition) is 9. The zero-order chi connectivity index (χ0) is 30.3. The van der Waals surface area contributed by atoms with Gasteiger partial charge in [-0.15, -0.1) is 0 Å².